The van der Waals surface area contributed by atoms with Crippen LogP contribution in [0, 0.1) is 6.92 Å². The number of alkyl halides is 3. The molecule has 1 aliphatic heterocycles. The Balaban J connectivity index is 2.09. The third-order valence-electron chi connectivity index (χ3n) is 4.55. The number of hydrogen-bond acceptors (Lipinski definition) is 5. The van der Waals surface area contributed by atoms with E-state index in [1.54, 1.807) is 25.1 Å². The second-order valence-electron chi connectivity index (χ2n) is 7.00. The average Bonchev–Trinajstić information content (AvgIpc) is 2.73. The lowest BCUT2D eigenvalue weighted by atomic mass is 10.1. The minimum atomic E-state index is -4.91. The quantitative estimate of drug-likeness (QED) is 0.679. The number of nitrogens with zero attached hydrogens (tertiary/aromatic N) is 2. The highest BCUT2D eigenvalue weighted by Crippen LogP contribution is 2.31. The number of ether oxygens (including phenoxy) is 2. The minimum absolute atomic E-state index is 0.0671. The first-order chi connectivity index (χ1) is 15.4. The van der Waals surface area contributed by atoms with Gasteiger partial charge in [-0.1, -0.05) is 12.1 Å². The SMILES string of the molecule is COc1ccc(C2=NS(=O)(=O)N(CC(F)(F)F)C(C(=O)Nc3cccc(C)c3)=C2)cc1OC. The second-order valence-corrected chi connectivity index (χ2v) is 8.52. The highest BCUT2D eigenvalue weighted by atomic mass is 32.2. The summed E-state index contributed by atoms with van der Waals surface area (Å²) in [7, 11) is -2.11. The predicted octanol–water partition coefficient (Wildman–Crippen LogP) is 3.45. The summed E-state index contributed by atoms with van der Waals surface area (Å²) in [5.74, 6) is -0.450. The van der Waals surface area contributed by atoms with Crippen LogP contribution in [0.25, 0.3) is 0 Å². The van der Waals surface area contributed by atoms with Crippen LogP contribution in [-0.2, 0) is 15.0 Å². The standard InChI is InChI=1S/C21H20F3N3O5S/c1-13-5-4-6-15(9-13)25-20(28)17-11-16(14-7-8-18(31-2)19(10-14)32-3)26-33(29,30)27(17)12-21(22,23)24/h4-11H,12H2,1-3H3,(H,25,28). The molecule has 3 rings (SSSR count). The fraction of sp³-hybridized carbons (Fsp3) is 0.238. The van der Waals surface area contributed by atoms with Crippen molar-refractivity contribution in [2.75, 3.05) is 26.1 Å². The molecule has 8 nitrogen and oxygen atoms in total. The van der Waals surface area contributed by atoms with Crippen molar-refractivity contribution in [3.63, 3.8) is 0 Å². The molecule has 1 amide bonds. The van der Waals surface area contributed by atoms with E-state index in [0.29, 0.717) is 11.4 Å². The zero-order valence-corrected chi connectivity index (χ0v) is 18.6. The third-order valence-corrected chi connectivity index (χ3v) is 5.86. The Kier molecular flexibility index (Phi) is 6.68. The minimum Gasteiger partial charge on any atom is -0.493 e. The van der Waals surface area contributed by atoms with Gasteiger partial charge in [0.2, 0.25) is 0 Å². The summed E-state index contributed by atoms with van der Waals surface area (Å²) in [5.41, 5.74) is 0.319. The van der Waals surface area contributed by atoms with Gasteiger partial charge in [-0.25, -0.2) is 4.31 Å². The van der Waals surface area contributed by atoms with Gasteiger partial charge in [-0.2, -0.15) is 21.6 Å². The third kappa shape index (κ3) is 5.64. The molecule has 0 atom stereocenters. The molecule has 0 radical (unpaired) electrons. The van der Waals surface area contributed by atoms with E-state index in [1.165, 1.54) is 38.5 Å². The van der Waals surface area contributed by atoms with Crippen LogP contribution in [0.3, 0.4) is 0 Å². The molecule has 0 spiro atoms. The maximum absolute atomic E-state index is 13.2. The maximum atomic E-state index is 13.2. The van der Waals surface area contributed by atoms with Crippen molar-refractivity contribution in [3.05, 3.63) is 65.4 Å². The van der Waals surface area contributed by atoms with Gasteiger partial charge in [0.25, 0.3) is 5.91 Å². The van der Waals surface area contributed by atoms with Crippen molar-refractivity contribution >= 4 is 27.5 Å². The van der Waals surface area contributed by atoms with Crippen molar-refractivity contribution in [1.29, 1.82) is 0 Å². The molecule has 0 saturated heterocycles. The van der Waals surface area contributed by atoms with E-state index in [4.69, 9.17) is 9.47 Å². The van der Waals surface area contributed by atoms with Crippen LogP contribution in [0.5, 0.6) is 11.5 Å². The van der Waals surface area contributed by atoms with Gasteiger partial charge in [-0.05, 0) is 48.9 Å². The molecule has 0 bridgehead atoms. The summed E-state index contributed by atoms with van der Waals surface area (Å²) in [6, 6.07) is 10.8. The molecule has 33 heavy (non-hydrogen) atoms. The van der Waals surface area contributed by atoms with Crippen LogP contribution in [0.4, 0.5) is 18.9 Å². The lowest BCUT2D eigenvalue weighted by Gasteiger charge is -2.28. The van der Waals surface area contributed by atoms with Crippen LogP contribution >= 0.6 is 0 Å². The molecule has 1 heterocycles. The zero-order chi connectivity index (χ0) is 24.4. The lowest BCUT2D eigenvalue weighted by molar-refractivity contribution is -0.135. The van der Waals surface area contributed by atoms with Crippen LogP contribution < -0.4 is 14.8 Å². The summed E-state index contributed by atoms with van der Waals surface area (Å²) < 4.78 is 78.6. The van der Waals surface area contributed by atoms with Crippen molar-refractivity contribution in [1.82, 2.24) is 4.31 Å². The van der Waals surface area contributed by atoms with E-state index in [-0.39, 0.29) is 21.3 Å². The van der Waals surface area contributed by atoms with Gasteiger partial charge in [0.1, 0.15) is 12.2 Å². The number of carbonyl (C=O) groups excluding carboxylic acids is 1. The van der Waals surface area contributed by atoms with Crippen molar-refractivity contribution in [2.24, 2.45) is 4.40 Å². The highest BCUT2D eigenvalue weighted by molar-refractivity contribution is 7.88. The van der Waals surface area contributed by atoms with Gasteiger partial charge in [-0.15, -0.1) is 4.40 Å². The number of aryl methyl sites for hydroxylation is 1. The Morgan fingerprint density at radius 2 is 1.79 bits per heavy atom. The van der Waals surface area contributed by atoms with Crippen LogP contribution in [0.2, 0.25) is 0 Å². The molecule has 0 fully saturated rings. The van der Waals surface area contributed by atoms with Gasteiger partial charge >= 0.3 is 16.4 Å². The normalized spacial score (nSPS) is 15.4. The summed E-state index contributed by atoms with van der Waals surface area (Å²) in [6.07, 6.45) is -3.93. The van der Waals surface area contributed by atoms with E-state index >= 15 is 0 Å². The van der Waals surface area contributed by atoms with Crippen LogP contribution in [-0.4, -0.2) is 51.3 Å². The number of amides is 1. The number of rotatable bonds is 6. The number of nitrogens with one attached hydrogen (secondary N) is 1. The van der Waals surface area contributed by atoms with Gasteiger partial charge in [0.15, 0.2) is 11.5 Å². The fourth-order valence-electron chi connectivity index (χ4n) is 3.08. The Morgan fingerprint density at radius 1 is 1.09 bits per heavy atom. The number of anilines is 1. The number of carbonyl (C=O) groups is 1. The molecule has 12 heteroatoms. The number of allylic oxidation sites excluding steroid dienone is 1. The van der Waals surface area contributed by atoms with E-state index in [1.807, 2.05) is 0 Å². The lowest BCUT2D eigenvalue weighted by Crippen LogP contribution is -2.43. The predicted molar refractivity (Wildman–Crippen MR) is 116 cm³/mol. The molecule has 1 aliphatic rings. The Hall–Kier alpha value is -3.54. The van der Waals surface area contributed by atoms with Crippen LogP contribution in [0.15, 0.2) is 58.6 Å². The first-order valence-electron chi connectivity index (χ1n) is 9.45. The monoisotopic (exact) mass is 483 g/mol. The largest absolute Gasteiger partial charge is 0.493 e. The summed E-state index contributed by atoms with van der Waals surface area (Å²) in [4.78, 5) is 12.9. The Morgan fingerprint density at radius 3 is 2.39 bits per heavy atom. The molecular weight excluding hydrogens is 463 g/mol. The number of halogens is 3. The van der Waals surface area contributed by atoms with Gasteiger partial charge in [0.05, 0.1) is 19.9 Å². The molecule has 2 aromatic carbocycles. The number of methoxy groups -OCH3 is 2. The molecule has 0 aromatic heterocycles. The fourth-order valence-corrected chi connectivity index (χ4v) is 4.28. The molecule has 2 aromatic rings. The van der Waals surface area contributed by atoms with Crippen LogP contribution in [0.1, 0.15) is 11.1 Å². The van der Waals surface area contributed by atoms with Crippen molar-refractivity contribution in [2.45, 2.75) is 13.1 Å². The summed E-state index contributed by atoms with van der Waals surface area (Å²) in [5, 5.41) is 2.44. The first-order valence-corrected chi connectivity index (χ1v) is 10.8. The molecule has 0 saturated carbocycles. The molecular formula is C21H20F3N3O5S. The molecule has 0 unspecified atom stereocenters. The number of hydrogen-bond donors (Lipinski definition) is 1. The van der Waals surface area contributed by atoms with Crippen molar-refractivity contribution in [3.8, 4) is 11.5 Å². The van der Waals surface area contributed by atoms with Gasteiger partial charge < -0.3 is 14.8 Å². The maximum Gasteiger partial charge on any atom is 0.407 e. The summed E-state index contributed by atoms with van der Waals surface area (Å²) >= 11 is 0. The topological polar surface area (TPSA) is 97.3 Å². The Bertz CT molecular complexity index is 1240. The summed E-state index contributed by atoms with van der Waals surface area (Å²) in [6.45, 7) is -0.150. The molecule has 176 valence electrons. The zero-order valence-electron chi connectivity index (χ0n) is 17.8. The van der Waals surface area contributed by atoms with E-state index in [0.717, 1.165) is 11.6 Å². The van der Waals surface area contributed by atoms with E-state index in [2.05, 4.69) is 9.71 Å². The first kappa shape index (κ1) is 24.1. The smallest absolute Gasteiger partial charge is 0.407 e. The van der Waals surface area contributed by atoms with Gasteiger partial charge in [0, 0.05) is 11.3 Å². The van der Waals surface area contributed by atoms with E-state index < -0.39 is 34.5 Å². The average molecular weight is 483 g/mol. The van der Waals surface area contributed by atoms with E-state index in [9.17, 15) is 26.4 Å². The highest BCUT2D eigenvalue weighted by Gasteiger charge is 2.41. The van der Waals surface area contributed by atoms with Crippen molar-refractivity contribution < 1.29 is 35.9 Å². The molecule has 1 N–H and O–H groups in total. The van der Waals surface area contributed by atoms with Gasteiger partial charge in [-0.3, -0.25) is 4.79 Å². The Labute approximate surface area is 188 Å². The molecule has 0 aliphatic carbocycles. The number of benzene rings is 2. The second kappa shape index (κ2) is 9.14.